The van der Waals surface area contributed by atoms with E-state index in [9.17, 15) is 10.1 Å². The van der Waals surface area contributed by atoms with E-state index in [0.717, 1.165) is 11.9 Å². The fourth-order valence-electron chi connectivity index (χ4n) is 3.56. The third kappa shape index (κ3) is 5.34. The lowest BCUT2D eigenvalue weighted by Crippen LogP contribution is -2.41. The molecule has 2 heterocycles. The second-order valence-corrected chi connectivity index (χ2v) is 10.3. The van der Waals surface area contributed by atoms with E-state index in [1.807, 2.05) is 54.5 Å². The number of nitrogens with zero attached hydrogens (tertiary/aromatic N) is 2. The van der Waals surface area contributed by atoms with Crippen LogP contribution in [0.4, 0.5) is 4.79 Å². The van der Waals surface area contributed by atoms with Crippen molar-refractivity contribution in [3.05, 3.63) is 23.8 Å². The van der Waals surface area contributed by atoms with Crippen LogP contribution in [0.1, 0.15) is 60.5 Å². The summed E-state index contributed by atoms with van der Waals surface area (Å²) in [6, 6.07) is 7.64. The SMILES string of the molecule is CC(C)(C)OC(=O)N1CCC(COc2ccc(B3OC(C)(C)C(C)(C)O3)cc2C#N)C1. The summed E-state index contributed by atoms with van der Waals surface area (Å²) in [4.78, 5) is 13.9. The van der Waals surface area contributed by atoms with Gasteiger partial charge in [0.1, 0.15) is 17.4 Å². The van der Waals surface area contributed by atoms with Crippen molar-refractivity contribution in [1.82, 2.24) is 4.90 Å². The molecular formula is C23H33BN2O5. The third-order valence-corrected chi connectivity index (χ3v) is 6.06. The second kappa shape index (κ2) is 8.36. The van der Waals surface area contributed by atoms with E-state index in [4.69, 9.17) is 18.8 Å². The summed E-state index contributed by atoms with van der Waals surface area (Å²) in [5.74, 6) is 0.723. The Balaban J connectivity index is 1.60. The van der Waals surface area contributed by atoms with Crippen LogP contribution < -0.4 is 10.2 Å². The molecule has 0 N–H and O–H groups in total. The molecule has 3 rings (SSSR count). The summed E-state index contributed by atoms with van der Waals surface area (Å²) in [5, 5.41) is 9.62. The topological polar surface area (TPSA) is 81.0 Å². The van der Waals surface area contributed by atoms with Gasteiger partial charge in [-0.25, -0.2) is 4.79 Å². The molecule has 1 atom stereocenters. The van der Waals surface area contributed by atoms with Crippen LogP contribution in [-0.4, -0.2) is 54.6 Å². The summed E-state index contributed by atoms with van der Waals surface area (Å²) in [5.41, 5.74) is -0.162. The predicted molar refractivity (Wildman–Crippen MR) is 118 cm³/mol. The minimum Gasteiger partial charge on any atom is -0.492 e. The van der Waals surface area contributed by atoms with Gasteiger partial charge in [0, 0.05) is 19.0 Å². The first-order chi connectivity index (χ1) is 14.3. The standard InChI is InChI=1S/C23H33BN2O5/c1-21(2,3)29-20(27)26-11-10-16(14-26)15-28-19-9-8-18(12-17(19)13-25)24-30-22(4,5)23(6,7)31-24/h8-9,12,16H,10-11,14-15H2,1-7H3. The van der Waals surface area contributed by atoms with Crippen LogP contribution in [0.5, 0.6) is 5.75 Å². The van der Waals surface area contributed by atoms with E-state index < -0.39 is 23.9 Å². The molecule has 1 amide bonds. The number of carbonyl (C=O) groups is 1. The Hall–Kier alpha value is -2.24. The molecule has 0 aliphatic carbocycles. The van der Waals surface area contributed by atoms with E-state index >= 15 is 0 Å². The minimum atomic E-state index is -0.525. The lowest BCUT2D eigenvalue weighted by molar-refractivity contribution is 0.00578. The Labute approximate surface area is 185 Å². The fraction of sp³-hybridized carbons (Fsp3) is 0.652. The molecular weight excluding hydrogens is 395 g/mol. The molecule has 2 aliphatic rings. The lowest BCUT2D eigenvalue weighted by Gasteiger charge is -2.32. The minimum absolute atomic E-state index is 0.196. The zero-order valence-electron chi connectivity index (χ0n) is 19.7. The number of ether oxygens (including phenoxy) is 2. The average Bonchev–Trinajstić information content (AvgIpc) is 3.20. The Morgan fingerprint density at radius 1 is 1.26 bits per heavy atom. The number of rotatable bonds is 4. The van der Waals surface area contributed by atoms with Crippen LogP contribution in [0.3, 0.4) is 0 Å². The van der Waals surface area contributed by atoms with Crippen LogP contribution >= 0.6 is 0 Å². The summed E-state index contributed by atoms with van der Waals surface area (Å²) in [6.07, 6.45) is 0.548. The van der Waals surface area contributed by atoms with Crippen molar-refractivity contribution in [2.45, 2.75) is 71.7 Å². The third-order valence-electron chi connectivity index (χ3n) is 6.06. The van der Waals surface area contributed by atoms with Crippen LogP contribution in [-0.2, 0) is 14.0 Å². The molecule has 1 aromatic rings. The highest BCUT2D eigenvalue weighted by Gasteiger charge is 2.51. The maximum absolute atomic E-state index is 12.2. The van der Waals surface area contributed by atoms with Crippen molar-refractivity contribution in [3.8, 4) is 11.8 Å². The van der Waals surface area contributed by atoms with Gasteiger partial charge in [-0.15, -0.1) is 0 Å². The van der Waals surface area contributed by atoms with Crippen molar-refractivity contribution >= 4 is 18.7 Å². The van der Waals surface area contributed by atoms with Crippen molar-refractivity contribution in [2.24, 2.45) is 5.92 Å². The quantitative estimate of drug-likeness (QED) is 0.683. The molecule has 0 aromatic heterocycles. The molecule has 168 valence electrons. The van der Waals surface area contributed by atoms with Crippen LogP contribution in [0.15, 0.2) is 18.2 Å². The van der Waals surface area contributed by atoms with Gasteiger partial charge < -0.3 is 23.7 Å². The van der Waals surface area contributed by atoms with Crippen LogP contribution in [0.25, 0.3) is 0 Å². The molecule has 2 aliphatic heterocycles. The fourth-order valence-corrected chi connectivity index (χ4v) is 3.56. The molecule has 0 saturated carbocycles. The van der Waals surface area contributed by atoms with Crippen molar-refractivity contribution in [3.63, 3.8) is 0 Å². The van der Waals surface area contributed by atoms with Gasteiger partial charge in [0.05, 0.1) is 23.4 Å². The molecule has 7 nitrogen and oxygen atoms in total. The van der Waals surface area contributed by atoms with E-state index in [1.165, 1.54) is 0 Å². The van der Waals surface area contributed by atoms with Gasteiger partial charge in [-0.3, -0.25) is 0 Å². The van der Waals surface area contributed by atoms with Crippen molar-refractivity contribution < 1.29 is 23.6 Å². The Kier molecular flexibility index (Phi) is 6.32. The molecule has 8 heteroatoms. The van der Waals surface area contributed by atoms with Gasteiger partial charge in [-0.05, 0) is 72.5 Å². The van der Waals surface area contributed by atoms with Gasteiger partial charge >= 0.3 is 13.2 Å². The van der Waals surface area contributed by atoms with E-state index in [1.54, 1.807) is 17.0 Å². The first kappa shape index (κ1) is 23.4. The van der Waals surface area contributed by atoms with Crippen LogP contribution in [0, 0.1) is 17.2 Å². The molecule has 2 saturated heterocycles. The monoisotopic (exact) mass is 428 g/mol. The Morgan fingerprint density at radius 2 is 1.90 bits per heavy atom. The Bertz CT molecular complexity index is 856. The summed E-state index contributed by atoms with van der Waals surface area (Å²) < 4.78 is 23.6. The maximum Gasteiger partial charge on any atom is 0.494 e. The van der Waals surface area contributed by atoms with E-state index in [-0.39, 0.29) is 12.0 Å². The zero-order chi connectivity index (χ0) is 23.0. The average molecular weight is 428 g/mol. The van der Waals surface area contributed by atoms with E-state index in [2.05, 4.69) is 6.07 Å². The highest BCUT2D eigenvalue weighted by Crippen LogP contribution is 2.36. The van der Waals surface area contributed by atoms with Gasteiger partial charge in [-0.2, -0.15) is 5.26 Å². The number of carbonyl (C=O) groups excluding carboxylic acids is 1. The van der Waals surface area contributed by atoms with Gasteiger partial charge in [0.15, 0.2) is 0 Å². The van der Waals surface area contributed by atoms with Gasteiger partial charge in [-0.1, -0.05) is 6.07 Å². The van der Waals surface area contributed by atoms with Crippen LogP contribution in [0.2, 0.25) is 0 Å². The first-order valence-electron chi connectivity index (χ1n) is 10.8. The van der Waals surface area contributed by atoms with E-state index in [0.29, 0.717) is 31.0 Å². The first-order valence-corrected chi connectivity index (χ1v) is 10.8. The van der Waals surface area contributed by atoms with Crippen molar-refractivity contribution in [1.29, 1.82) is 5.26 Å². The summed E-state index contributed by atoms with van der Waals surface area (Å²) in [6.45, 7) is 15.2. The normalized spacial score (nSPS) is 22.3. The number of benzene rings is 1. The number of nitriles is 1. The molecule has 0 bridgehead atoms. The lowest BCUT2D eigenvalue weighted by atomic mass is 9.78. The number of hydrogen-bond donors (Lipinski definition) is 0. The highest BCUT2D eigenvalue weighted by atomic mass is 16.7. The molecule has 31 heavy (non-hydrogen) atoms. The smallest absolute Gasteiger partial charge is 0.492 e. The number of likely N-dealkylation sites (tertiary alicyclic amines) is 1. The second-order valence-electron chi connectivity index (χ2n) is 10.3. The molecule has 1 aromatic carbocycles. The molecule has 0 spiro atoms. The zero-order valence-corrected chi connectivity index (χ0v) is 19.7. The molecule has 2 fully saturated rings. The summed E-state index contributed by atoms with van der Waals surface area (Å²) >= 11 is 0. The maximum atomic E-state index is 12.2. The largest absolute Gasteiger partial charge is 0.494 e. The highest BCUT2D eigenvalue weighted by molar-refractivity contribution is 6.62. The number of amides is 1. The van der Waals surface area contributed by atoms with Gasteiger partial charge in [0.2, 0.25) is 0 Å². The molecule has 0 radical (unpaired) electrons. The summed E-state index contributed by atoms with van der Waals surface area (Å²) in [7, 11) is -0.525. The Morgan fingerprint density at radius 3 is 2.48 bits per heavy atom. The van der Waals surface area contributed by atoms with Crippen molar-refractivity contribution in [2.75, 3.05) is 19.7 Å². The molecule has 1 unspecified atom stereocenters. The van der Waals surface area contributed by atoms with Gasteiger partial charge in [0.25, 0.3) is 0 Å². The number of hydrogen-bond acceptors (Lipinski definition) is 6. The predicted octanol–water partition coefficient (Wildman–Crippen LogP) is 3.49.